The standard InChI is InChI=1S/C18H21N3O3S/c1-2-11-24-14-7-5-12(6-8-14)15(22)9-10-16(23)19-18-21-20-17(25-18)13-3-4-13/h5-8,13H,2-4,9-11H2,1H3,(H,19,21,23). The summed E-state index contributed by atoms with van der Waals surface area (Å²) in [6.45, 7) is 2.69. The van der Waals surface area contributed by atoms with Crippen LogP contribution < -0.4 is 10.1 Å². The Morgan fingerprint density at radius 1 is 1.20 bits per heavy atom. The van der Waals surface area contributed by atoms with Crippen LogP contribution in [0.4, 0.5) is 5.13 Å². The SMILES string of the molecule is CCCOc1ccc(C(=O)CCC(=O)Nc2nnc(C3CC3)s2)cc1. The van der Waals surface area contributed by atoms with Crippen molar-refractivity contribution in [1.82, 2.24) is 10.2 Å². The van der Waals surface area contributed by atoms with Crippen molar-refractivity contribution in [3.05, 3.63) is 34.8 Å². The minimum atomic E-state index is -0.213. The van der Waals surface area contributed by atoms with E-state index in [0.29, 0.717) is 23.2 Å². The highest BCUT2D eigenvalue weighted by molar-refractivity contribution is 7.15. The van der Waals surface area contributed by atoms with Gasteiger partial charge in [0, 0.05) is 24.3 Å². The Balaban J connectivity index is 1.45. The van der Waals surface area contributed by atoms with Gasteiger partial charge in [0.25, 0.3) is 0 Å². The smallest absolute Gasteiger partial charge is 0.226 e. The molecular formula is C18H21N3O3S. The molecule has 0 spiro atoms. The van der Waals surface area contributed by atoms with Crippen LogP contribution in [0.3, 0.4) is 0 Å². The number of carbonyl (C=O) groups excluding carboxylic acids is 2. The Hall–Kier alpha value is -2.28. The highest BCUT2D eigenvalue weighted by Gasteiger charge is 2.27. The van der Waals surface area contributed by atoms with Gasteiger partial charge in [-0.15, -0.1) is 10.2 Å². The molecule has 1 aromatic heterocycles. The largest absolute Gasteiger partial charge is 0.494 e. The number of hydrogen-bond donors (Lipinski definition) is 1. The van der Waals surface area contributed by atoms with Gasteiger partial charge < -0.3 is 10.1 Å². The molecular weight excluding hydrogens is 338 g/mol. The monoisotopic (exact) mass is 359 g/mol. The molecule has 6 nitrogen and oxygen atoms in total. The van der Waals surface area contributed by atoms with Crippen LogP contribution in [0.15, 0.2) is 24.3 Å². The second-order valence-corrected chi connectivity index (χ2v) is 7.07. The summed E-state index contributed by atoms with van der Waals surface area (Å²) in [4.78, 5) is 24.2. The van der Waals surface area contributed by atoms with Crippen LogP contribution in [-0.2, 0) is 4.79 Å². The lowest BCUT2D eigenvalue weighted by Gasteiger charge is -2.05. The van der Waals surface area contributed by atoms with Crippen LogP contribution in [0.2, 0.25) is 0 Å². The molecule has 1 amide bonds. The molecule has 0 atom stereocenters. The van der Waals surface area contributed by atoms with E-state index in [1.165, 1.54) is 11.3 Å². The molecule has 1 N–H and O–H groups in total. The zero-order valence-corrected chi connectivity index (χ0v) is 15.0. The van der Waals surface area contributed by atoms with Gasteiger partial charge >= 0.3 is 0 Å². The molecule has 2 aromatic rings. The summed E-state index contributed by atoms with van der Waals surface area (Å²) in [5, 5.41) is 12.3. The van der Waals surface area contributed by atoms with Crippen molar-refractivity contribution in [2.75, 3.05) is 11.9 Å². The molecule has 0 saturated heterocycles. The number of carbonyl (C=O) groups is 2. The van der Waals surface area contributed by atoms with E-state index < -0.39 is 0 Å². The first-order valence-corrected chi connectivity index (χ1v) is 9.36. The Morgan fingerprint density at radius 2 is 1.96 bits per heavy atom. The van der Waals surface area contributed by atoms with Crippen LogP contribution in [0, 0.1) is 0 Å². The molecule has 132 valence electrons. The number of aromatic nitrogens is 2. The number of amides is 1. The maximum Gasteiger partial charge on any atom is 0.226 e. The Labute approximate surface area is 150 Å². The molecule has 1 aromatic carbocycles. The zero-order chi connectivity index (χ0) is 17.6. The third-order valence-corrected chi connectivity index (χ3v) is 4.84. The number of anilines is 1. The maximum absolute atomic E-state index is 12.2. The predicted molar refractivity (Wildman–Crippen MR) is 96.3 cm³/mol. The van der Waals surface area contributed by atoms with E-state index in [9.17, 15) is 9.59 Å². The molecule has 7 heteroatoms. The van der Waals surface area contributed by atoms with E-state index in [-0.39, 0.29) is 24.5 Å². The van der Waals surface area contributed by atoms with E-state index in [1.807, 2.05) is 6.92 Å². The fourth-order valence-corrected chi connectivity index (χ4v) is 3.22. The minimum absolute atomic E-state index is 0.0619. The number of hydrogen-bond acceptors (Lipinski definition) is 6. The second-order valence-electron chi connectivity index (χ2n) is 6.06. The van der Waals surface area contributed by atoms with Gasteiger partial charge in [-0.2, -0.15) is 0 Å². The van der Waals surface area contributed by atoms with Crippen molar-refractivity contribution in [1.29, 1.82) is 0 Å². The van der Waals surface area contributed by atoms with Gasteiger partial charge in [-0.25, -0.2) is 0 Å². The summed E-state index contributed by atoms with van der Waals surface area (Å²) in [6.07, 6.45) is 3.53. The Bertz CT molecular complexity index is 738. The average Bonchev–Trinajstić information content (AvgIpc) is 3.38. The third kappa shape index (κ3) is 5.09. The van der Waals surface area contributed by atoms with Crippen LogP contribution in [-0.4, -0.2) is 28.5 Å². The normalized spacial score (nSPS) is 13.5. The summed E-state index contributed by atoms with van der Waals surface area (Å²) in [6, 6.07) is 7.03. The van der Waals surface area contributed by atoms with Gasteiger partial charge in [-0.3, -0.25) is 9.59 Å². The first-order chi connectivity index (χ1) is 12.2. The van der Waals surface area contributed by atoms with Crippen molar-refractivity contribution in [3.63, 3.8) is 0 Å². The molecule has 0 unspecified atom stereocenters. The molecule has 25 heavy (non-hydrogen) atoms. The highest BCUT2D eigenvalue weighted by Crippen LogP contribution is 2.42. The molecule has 1 saturated carbocycles. The van der Waals surface area contributed by atoms with Gasteiger partial charge in [0.1, 0.15) is 10.8 Å². The fraction of sp³-hybridized carbons (Fsp3) is 0.444. The average molecular weight is 359 g/mol. The van der Waals surface area contributed by atoms with Crippen LogP contribution in [0.5, 0.6) is 5.75 Å². The molecule has 1 aliphatic carbocycles. The van der Waals surface area contributed by atoms with Crippen molar-refractivity contribution in [2.24, 2.45) is 0 Å². The summed E-state index contributed by atoms with van der Waals surface area (Å²) < 4.78 is 5.49. The number of nitrogens with zero attached hydrogens (tertiary/aromatic N) is 2. The highest BCUT2D eigenvalue weighted by atomic mass is 32.1. The van der Waals surface area contributed by atoms with Gasteiger partial charge in [0.2, 0.25) is 11.0 Å². The van der Waals surface area contributed by atoms with Gasteiger partial charge in [-0.05, 0) is 43.5 Å². The molecule has 1 heterocycles. The quantitative estimate of drug-likeness (QED) is 0.689. The topological polar surface area (TPSA) is 81.2 Å². The zero-order valence-electron chi connectivity index (χ0n) is 14.2. The molecule has 1 aliphatic rings. The molecule has 1 fully saturated rings. The summed E-state index contributed by atoms with van der Waals surface area (Å²) in [5.41, 5.74) is 0.587. The molecule has 3 rings (SSSR count). The van der Waals surface area contributed by atoms with Crippen molar-refractivity contribution in [3.8, 4) is 5.75 Å². The first-order valence-electron chi connectivity index (χ1n) is 8.55. The van der Waals surface area contributed by atoms with E-state index >= 15 is 0 Å². The number of rotatable bonds is 9. The lowest BCUT2D eigenvalue weighted by atomic mass is 10.1. The van der Waals surface area contributed by atoms with Gasteiger partial charge in [0.15, 0.2) is 5.78 Å². The van der Waals surface area contributed by atoms with Gasteiger partial charge in [0.05, 0.1) is 6.61 Å². The minimum Gasteiger partial charge on any atom is -0.494 e. The van der Waals surface area contributed by atoms with E-state index in [0.717, 1.165) is 30.0 Å². The maximum atomic E-state index is 12.2. The number of ether oxygens (including phenoxy) is 1. The summed E-state index contributed by atoms with van der Waals surface area (Å²) >= 11 is 1.42. The van der Waals surface area contributed by atoms with Crippen LogP contribution >= 0.6 is 11.3 Å². The fourth-order valence-electron chi connectivity index (χ4n) is 2.29. The van der Waals surface area contributed by atoms with Crippen LogP contribution in [0.1, 0.15) is 60.3 Å². The lowest BCUT2D eigenvalue weighted by Crippen LogP contribution is -2.13. The van der Waals surface area contributed by atoms with Gasteiger partial charge in [-0.1, -0.05) is 18.3 Å². The molecule has 0 aliphatic heterocycles. The van der Waals surface area contributed by atoms with E-state index in [4.69, 9.17) is 4.74 Å². The molecule has 0 radical (unpaired) electrons. The van der Waals surface area contributed by atoms with Crippen LogP contribution in [0.25, 0.3) is 0 Å². The van der Waals surface area contributed by atoms with Crippen molar-refractivity contribution in [2.45, 2.75) is 44.9 Å². The first kappa shape index (κ1) is 17.5. The Kier molecular flexibility index (Phi) is 5.75. The summed E-state index contributed by atoms with van der Waals surface area (Å²) in [7, 11) is 0. The predicted octanol–water partition coefficient (Wildman–Crippen LogP) is 3.81. The van der Waals surface area contributed by atoms with Crippen molar-refractivity contribution >= 4 is 28.2 Å². The number of nitrogens with one attached hydrogen (secondary N) is 1. The lowest BCUT2D eigenvalue weighted by molar-refractivity contribution is -0.116. The van der Waals surface area contributed by atoms with Crippen molar-refractivity contribution < 1.29 is 14.3 Å². The summed E-state index contributed by atoms with van der Waals surface area (Å²) in [5.74, 6) is 0.996. The van der Waals surface area contributed by atoms with E-state index in [1.54, 1.807) is 24.3 Å². The number of benzene rings is 1. The number of ketones is 1. The second kappa shape index (κ2) is 8.20. The molecule has 0 bridgehead atoms. The van der Waals surface area contributed by atoms with E-state index in [2.05, 4.69) is 15.5 Å². The third-order valence-electron chi connectivity index (χ3n) is 3.84. The number of Topliss-reactive ketones (excluding diaryl/α,β-unsaturated/α-hetero) is 1. The Morgan fingerprint density at radius 3 is 2.64 bits per heavy atom.